The first-order chi connectivity index (χ1) is 19.9. The maximum Gasteiger partial charge on any atom is 0.312 e. The van der Waals surface area contributed by atoms with Crippen molar-refractivity contribution in [1.82, 2.24) is 0 Å². The van der Waals surface area contributed by atoms with Gasteiger partial charge >= 0.3 is 5.97 Å². The van der Waals surface area contributed by atoms with Crippen LogP contribution >= 0.6 is 0 Å². The van der Waals surface area contributed by atoms with E-state index < -0.39 is 17.7 Å². The minimum atomic E-state index is -2.29. The lowest BCUT2D eigenvalue weighted by atomic mass is 9.33. The summed E-state index contributed by atoms with van der Waals surface area (Å²) >= 11 is 0. The molecule has 4 saturated carbocycles. The Kier molecular flexibility index (Phi) is 5.58. The second kappa shape index (κ2) is 9.05. The molecule has 218 valence electrons. The normalized spacial score (nSPS) is 49.5. The summed E-state index contributed by atoms with van der Waals surface area (Å²) < 4.78 is 31.3. The molecule has 3 heteroatoms. The van der Waals surface area contributed by atoms with Crippen molar-refractivity contribution in [1.29, 1.82) is 0 Å². The zero-order valence-corrected chi connectivity index (χ0v) is 25.7. The highest BCUT2D eigenvalue weighted by Gasteiger charge is 2.68. The van der Waals surface area contributed by atoms with Gasteiger partial charge in [0.2, 0.25) is 0 Å². The van der Waals surface area contributed by atoms with E-state index in [9.17, 15) is 9.59 Å². The fourth-order valence-electron chi connectivity index (χ4n) is 10.9. The smallest absolute Gasteiger partial charge is 0.312 e. The van der Waals surface area contributed by atoms with Gasteiger partial charge in [0.05, 0.1) is 5.41 Å². The van der Waals surface area contributed by atoms with Gasteiger partial charge in [-0.1, -0.05) is 83.5 Å². The van der Waals surface area contributed by atoms with E-state index in [-0.39, 0.29) is 39.3 Å². The largest absolute Gasteiger partial charge is 0.460 e. The van der Waals surface area contributed by atoms with E-state index in [0.717, 1.165) is 63.4 Å². The molecule has 5 aliphatic rings. The highest BCUT2D eigenvalue weighted by molar-refractivity contribution is 5.85. The molecule has 0 aliphatic heterocycles. The minimum Gasteiger partial charge on any atom is -0.460 e. The summed E-state index contributed by atoms with van der Waals surface area (Å²) in [5, 5.41) is 0. The van der Waals surface area contributed by atoms with E-state index in [1.165, 1.54) is 0 Å². The number of Topliss-reactive ketones (excluding diaryl/α,β-unsaturated/α-hetero) is 1. The first kappa shape index (κ1) is 24.7. The Balaban J connectivity index is 1.32. The summed E-state index contributed by atoms with van der Waals surface area (Å²) in [5.41, 5.74) is 0.758. The van der Waals surface area contributed by atoms with E-state index in [1.807, 2.05) is 30.3 Å². The Morgan fingerprint density at radius 3 is 2.40 bits per heavy atom. The summed E-state index contributed by atoms with van der Waals surface area (Å²) in [7, 11) is 0. The van der Waals surface area contributed by atoms with E-state index in [0.29, 0.717) is 24.9 Å². The predicted molar refractivity (Wildman–Crippen MR) is 160 cm³/mol. The number of benzene rings is 1. The molecule has 5 aliphatic carbocycles. The van der Waals surface area contributed by atoms with Gasteiger partial charge in [-0.05, 0) is 110 Å². The van der Waals surface area contributed by atoms with Gasteiger partial charge in [0.25, 0.3) is 0 Å². The molecule has 0 spiro atoms. The van der Waals surface area contributed by atoms with Gasteiger partial charge in [-0.2, -0.15) is 0 Å². The number of hydrogen-bond acceptors (Lipinski definition) is 3. The lowest BCUT2D eigenvalue weighted by Crippen LogP contribution is -2.64. The molecule has 3 unspecified atom stereocenters. The van der Waals surface area contributed by atoms with E-state index in [2.05, 4.69) is 40.7 Å². The Hall–Kier alpha value is -1.90. The lowest BCUT2D eigenvalue weighted by Gasteiger charge is -2.70. The average Bonchev–Trinajstić information content (AvgIpc) is 2.95. The molecule has 1 aromatic carbocycles. The fourth-order valence-corrected chi connectivity index (χ4v) is 10.9. The number of rotatable bonds is 3. The van der Waals surface area contributed by atoms with Gasteiger partial charge in [0, 0.05) is 15.9 Å². The topological polar surface area (TPSA) is 43.4 Å². The SMILES string of the molecule is [2H]C([2H])([2H])C1(C)C(=O)CC[C@@]2(C)C1CC[C@]1(C)C2CC=C2[C@@H]3C[C@@](C)(C(=O)OCc4ccccc4)CC[C@]3(C)CC[C@]21C. The molecule has 40 heavy (non-hydrogen) atoms. The molecule has 4 fully saturated rings. The van der Waals surface area contributed by atoms with Crippen LogP contribution in [0, 0.1) is 50.2 Å². The molecule has 0 N–H and O–H groups in total. The molecule has 0 aromatic heterocycles. The summed E-state index contributed by atoms with van der Waals surface area (Å²) in [6, 6.07) is 9.94. The molecule has 0 saturated heterocycles. The number of carbonyl (C=O) groups is 2. The third kappa shape index (κ3) is 3.81. The Labute approximate surface area is 247 Å². The van der Waals surface area contributed by atoms with Crippen molar-refractivity contribution in [2.24, 2.45) is 50.2 Å². The molecule has 3 nitrogen and oxygen atoms in total. The van der Waals surface area contributed by atoms with E-state index in [1.54, 1.807) is 12.5 Å². The number of hydrogen-bond donors (Lipinski definition) is 0. The van der Waals surface area contributed by atoms with E-state index in [4.69, 9.17) is 8.85 Å². The van der Waals surface area contributed by atoms with Crippen LogP contribution in [-0.2, 0) is 20.9 Å². The monoisotopic (exact) mass is 547 g/mol. The van der Waals surface area contributed by atoms with Gasteiger partial charge in [-0.3, -0.25) is 9.59 Å². The third-order valence-electron chi connectivity index (χ3n) is 14.0. The van der Waals surface area contributed by atoms with Crippen LogP contribution in [0.3, 0.4) is 0 Å². The third-order valence-corrected chi connectivity index (χ3v) is 14.0. The highest BCUT2D eigenvalue weighted by atomic mass is 16.5. The van der Waals surface area contributed by atoms with Crippen LogP contribution in [0.1, 0.15) is 122 Å². The molecular formula is C37H52O3. The van der Waals surface area contributed by atoms with Crippen molar-refractivity contribution in [2.75, 3.05) is 0 Å². The van der Waals surface area contributed by atoms with E-state index >= 15 is 0 Å². The number of esters is 1. The van der Waals surface area contributed by atoms with Crippen molar-refractivity contribution in [3.05, 3.63) is 47.5 Å². The van der Waals surface area contributed by atoms with Crippen molar-refractivity contribution < 1.29 is 18.4 Å². The molecule has 0 radical (unpaired) electrons. The van der Waals surface area contributed by atoms with Crippen LogP contribution in [0.15, 0.2) is 42.0 Å². The second-order valence-electron chi connectivity index (χ2n) is 16.0. The number of ketones is 1. The fraction of sp³-hybridized carbons (Fsp3) is 0.730. The number of carbonyl (C=O) groups excluding carboxylic acids is 2. The summed E-state index contributed by atoms with van der Waals surface area (Å²) in [6.45, 7) is 11.7. The van der Waals surface area contributed by atoms with Crippen LogP contribution in [0.5, 0.6) is 0 Å². The summed E-state index contributed by atoms with van der Waals surface area (Å²) in [6.07, 6.45) is 11.3. The van der Waals surface area contributed by atoms with Crippen LogP contribution in [0.25, 0.3) is 0 Å². The maximum atomic E-state index is 13.7. The van der Waals surface area contributed by atoms with Crippen molar-refractivity contribution in [3.63, 3.8) is 0 Å². The summed E-state index contributed by atoms with van der Waals surface area (Å²) in [4.78, 5) is 27.0. The number of ether oxygens (including phenoxy) is 1. The summed E-state index contributed by atoms with van der Waals surface area (Å²) in [5.74, 6) is 0.396. The van der Waals surface area contributed by atoms with Gasteiger partial charge in [0.1, 0.15) is 12.4 Å². The van der Waals surface area contributed by atoms with Crippen molar-refractivity contribution >= 4 is 11.8 Å². The minimum absolute atomic E-state index is 0.0152. The van der Waals surface area contributed by atoms with Gasteiger partial charge < -0.3 is 4.74 Å². The van der Waals surface area contributed by atoms with Crippen molar-refractivity contribution in [3.8, 4) is 0 Å². The lowest BCUT2D eigenvalue weighted by molar-refractivity contribution is -0.186. The molecular weight excluding hydrogens is 492 g/mol. The molecule has 0 heterocycles. The zero-order chi connectivity index (χ0) is 31.3. The molecule has 0 amide bonds. The first-order valence-electron chi connectivity index (χ1n) is 17.4. The Morgan fingerprint density at radius 1 is 0.950 bits per heavy atom. The van der Waals surface area contributed by atoms with Gasteiger partial charge in [-0.25, -0.2) is 0 Å². The standard InChI is InChI=1S/C37H52O3/c1-32(2)28-15-18-37(7)29(35(28,5)17-16-30(32)38)14-13-26-27-23-34(4,20-19-33(27,3)21-22-36(26,37)6)31(39)40-24-25-11-9-8-10-12-25/h8-13,27-29H,14-24H2,1-7H3/t27-,28?,29?,33+,34-,35-,36+,37+/m0/s1/i1D3/t27-,28?,29?,32?,33+,34-,35-,36+,37+. The first-order valence-corrected chi connectivity index (χ1v) is 15.9. The quantitative estimate of drug-likeness (QED) is 0.280. The zero-order valence-electron chi connectivity index (χ0n) is 28.7. The molecule has 9 atom stereocenters. The van der Waals surface area contributed by atoms with Crippen LogP contribution < -0.4 is 0 Å². The molecule has 6 rings (SSSR count). The second-order valence-corrected chi connectivity index (χ2v) is 16.0. The molecule has 0 bridgehead atoms. The number of fused-ring (bicyclic) bond motifs is 7. The van der Waals surface area contributed by atoms with Gasteiger partial charge in [0.15, 0.2) is 0 Å². The predicted octanol–water partition coefficient (Wildman–Crippen LogP) is 9.10. The number of allylic oxidation sites excluding steroid dienone is 2. The Bertz CT molecular complexity index is 1340. The van der Waals surface area contributed by atoms with Crippen LogP contribution in [0.4, 0.5) is 0 Å². The maximum absolute atomic E-state index is 13.7. The Morgan fingerprint density at radius 2 is 1.68 bits per heavy atom. The van der Waals surface area contributed by atoms with Gasteiger partial charge in [-0.15, -0.1) is 0 Å². The van der Waals surface area contributed by atoms with Crippen LogP contribution in [0.2, 0.25) is 0 Å². The average molecular weight is 548 g/mol. The van der Waals surface area contributed by atoms with Crippen molar-refractivity contribution in [2.45, 2.75) is 119 Å². The van der Waals surface area contributed by atoms with Crippen LogP contribution in [-0.4, -0.2) is 11.8 Å². The highest BCUT2D eigenvalue weighted by Crippen LogP contribution is 2.75. The molecule has 1 aromatic rings.